The van der Waals surface area contributed by atoms with Gasteiger partial charge >= 0.3 is 6.03 Å². The molecule has 0 aliphatic heterocycles. The van der Waals surface area contributed by atoms with E-state index in [-0.39, 0.29) is 6.03 Å². The van der Waals surface area contributed by atoms with Gasteiger partial charge < -0.3 is 0 Å². The van der Waals surface area contributed by atoms with Gasteiger partial charge in [0.2, 0.25) is 0 Å². The Bertz CT molecular complexity index is 560. The molecule has 114 valence electrons. The molecule has 2 aromatic heterocycles. The number of carbonyl (C=O) groups is 1. The molecule has 2 rings (SSSR count). The summed E-state index contributed by atoms with van der Waals surface area (Å²) >= 11 is 0. The lowest BCUT2D eigenvalue weighted by Crippen LogP contribution is -2.23. The van der Waals surface area contributed by atoms with Crippen LogP contribution in [0.25, 0.3) is 0 Å². The van der Waals surface area contributed by atoms with Crippen molar-refractivity contribution < 1.29 is 4.79 Å². The molecule has 0 aliphatic rings. The Labute approximate surface area is 124 Å². The molecule has 0 saturated carbocycles. The molecule has 0 saturated heterocycles. The zero-order valence-corrected chi connectivity index (χ0v) is 12.7. The minimum absolute atomic E-state index is 0.326. The van der Waals surface area contributed by atoms with E-state index in [4.69, 9.17) is 0 Å². The van der Waals surface area contributed by atoms with Crippen molar-refractivity contribution in [1.82, 2.24) is 30.0 Å². The third-order valence-corrected chi connectivity index (χ3v) is 3.43. The number of unbranched alkanes of at least 4 members (excludes halogenated alkanes) is 3. The van der Waals surface area contributed by atoms with Crippen LogP contribution in [0.2, 0.25) is 0 Å². The molecule has 0 unspecified atom stereocenters. The van der Waals surface area contributed by atoms with E-state index in [2.05, 4.69) is 34.5 Å². The first-order chi connectivity index (χ1) is 10.3. The fourth-order valence-electron chi connectivity index (χ4n) is 2.22. The Balaban J connectivity index is 2.21. The van der Waals surface area contributed by atoms with Crippen LogP contribution in [0.5, 0.6) is 0 Å². The Morgan fingerprint density at radius 2 is 1.90 bits per heavy atom. The van der Waals surface area contributed by atoms with Gasteiger partial charge in [-0.3, -0.25) is 0 Å². The van der Waals surface area contributed by atoms with E-state index in [9.17, 15) is 4.79 Å². The van der Waals surface area contributed by atoms with E-state index in [0.29, 0.717) is 0 Å². The van der Waals surface area contributed by atoms with Crippen molar-refractivity contribution in [2.45, 2.75) is 58.8 Å². The van der Waals surface area contributed by atoms with Crippen LogP contribution in [0.4, 0.5) is 4.79 Å². The summed E-state index contributed by atoms with van der Waals surface area (Å²) < 4.78 is 2.55. The Hall–Kier alpha value is -2.05. The maximum atomic E-state index is 12.4. The lowest BCUT2D eigenvalue weighted by molar-refractivity contribution is 0.236. The highest BCUT2D eigenvalue weighted by atomic mass is 16.2. The summed E-state index contributed by atoms with van der Waals surface area (Å²) in [5.74, 6) is 0. The SMILES string of the molecule is CCCCCc1nnn(C(=O)n2ccnn2)c1CCCC. The topological polar surface area (TPSA) is 78.5 Å². The molecule has 0 aromatic carbocycles. The average Bonchev–Trinajstić information content (AvgIpc) is 3.14. The monoisotopic (exact) mass is 290 g/mol. The molecule has 0 N–H and O–H groups in total. The lowest BCUT2D eigenvalue weighted by atomic mass is 10.1. The van der Waals surface area contributed by atoms with Crippen LogP contribution in [0.15, 0.2) is 12.4 Å². The average molecular weight is 290 g/mol. The van der Waals surface area contributed by atoms with E-state index >= 15 is 0 Å². The highest BCUT2D eigenvalue weighted by Crippen LogP contribution is 2.13. The first-order valence-corrected chi connectivity index (χ1v) is 7.62. The van der Waals surface area contributed by atoms with Crippen molar-refractivity contribution >= 4 is 6.03 Å². The van der Waals surface area contributed by atoms with Crippen LogP contribution in [0, 0.1) is 0 Å². The van der Waals surface area contributed by atoms with E-state index in [0.717, 1.165) is 56.3 Å². The number of aryl methyl sites for hydroxylation is 1. The molecule has 0 bridgehead atoms. The lowest BCUT2D eigenvalue weighted by Gasteiger charge is -2.06. The van der Waals surface area contributed by atoms with Gasteiger partial charge in [-0.05, 0) is 25.7 Å². The van der Waals surface area contributed by atoms with Crippen LogP contribution >= 0.6 is 0 Å². The molecule has 0 aliphatic carbocycles. The zero-order chi connectivity index (χ0) is 15.1. The van der Waals surface area contributed by atoms with Gasteiger partial charge in [0.05, 0.1) is 23.8 Å². The van der Waals surface area contributed by atoms with Gasteiger partial charge in [-0.25, -0.2) is 4.79 Å². The molecular weight excluding hydrogens is 268 g/mol. The molecule has 0 spiro atoms. The highest BCUT2D eigenvalue weighted by molar-refractivity contribution is 5.77. The summed E-state index contributed by atoms with van der Waals surface area (Å²) in [5.41, 5.74) is 1.85. The zero-order valence-electron chi connectivity index (χ0n) is 12.7. The fraction of sp³-hybridized carbons (Fsp3) is 0.643. The van der Waals surface area contributed by atoms with Crippen molar-refractivity contribution in [1.29, 1.82) is 0 Å². The third kappa shape index (κ3) is 3.74. The van der Waals surface area contributed by atoms with Crippen molar-refractivity contribution in [3.63, 3.8) is 0 Å². The molecule has 2 aromatic rings. The fourth-order valence-corrected chi connectivity index (χ4v) is 2.22. The van der Waals surface area contributed by atoms with Gasteiger partial charge in [0, 0.05) is 0 Å². The van der Waals surface area contributed by atoms with Crippen molar-refractivity contribution in [2.75, 3.05) is 0 Å². The largest absolute Gasteiger partial charge is 0.372 e. The van der Waals surface area contributed by atoms with Gasteiger partial charge in [0.25, 0.3) is 0 Å². The second-order valence-corrected chi connectivity index (χ2v) is 5.09. The predicted octanol–water partition coefficient (Wildman–Crippen LogP) is 2.46. The Morgan fingerprint density at radius 1 is 1.10 bits per heavy atom. The van der Waals surface area contributed by atoms with E-state index in [1.807, 2.05) is 0 Å². The van der Waals surface area contributed by atoms with Gasteiger partial charge in [-0.1, -0.05) is 43.5 Å². The van der Waals surface area contributed by atoms with Crippen LogP contribution < -0.4 is 0 Å². The number of aromatic nitrogens is 6. The number of nitrogens with zero attached hydrogens (tertiary/aromatic N) is 6. The Morgan fingerprint density at radius 3 is 2.57 bits per heavy atom. The minimum Gasteiger partial charge on any atom is -0.243 e. The van der Waals surface area contributed by atoms with Gasteiger partial charge in [-0.15, -0.1) is 10.2 Å². The third-order valence-electron chi connectivity index (χ3n) is 3.43. The summed E-state index contributed by atoms with van der Waals surface area (Å²) in [6.45, 7) is 4.30. The number of rotatable bonds is 7. The summed E-state index contributed by atoms with van der Waals surface area (Å²) in [7, 11) is 0. The molecule has 2 heterocycles. The van der Waals surface area contributed by atoms with Crippen LogP contribution in [0.3, 0.4) is 0 Å². The molecule has 21 heavy (non-hydrogen) atoms. The summed E-state index contributed by atoms with van der Waals surface area (Å²) in [5, 5.41) is 15.6. The standard InChI is InChI=1S/C14H22N6O/c1-3-5-7-8-12-13(9-6-4-2)20(18-16-12)14(21)19-11-10-15-17-19/h10-11H,3-9H2,1-2H3. The van der Waals surface area contributed by atoms with Crippen molar-refractivity contribution in [3.8, 4) is 0 Å². The molecular formula is C14H22N6O. The molecule has 7 nitrogen and oxygen atoms in total. The Kier molecular flexibility index (Phi) is 5.59. The summed E-state index contributed by atoms with van der Waals surface area (Å²) in [6.07, 6.45) is 10.2. The molecule has 0 amide bonds. The summed E-state index contributed by atoms with van der Waals surface area (Å²) in [6, 6.07) is -0.326. The number of hydrogen-bond donors (Lipinski definition) is 0. The highest BCUT2D eigenvalue weighted by Gasteiger charge is 2.19. The number of hydrogen-bond acceptors (Lipinski definition) is 5. The van der Waals surface area contributed by atoms with Crippen LogP contribution in [-0.2, 0) is 12.8 Å². The van der Waals surface area contributed by atoms with Gasteiger partial charge in [0.15, 0.2) is 0 Å². The molecule has 0 atom stereocenters. The molecule has 0 fully saturated rings. The first-order valence-electron chi connectivity index (χ1n) is 7.62. The van der Waals surface area contributed by atoms with Crippen molar-refractivity contribution in [2.24, 2.45) is 0 Å². The normalized spacial score (nSPS) is 11.0. The maximum absolute atomic E-state index is 12.4. The van der Waals surface area contributed by atoms with Crippen LogP contribution in [0.1, 0.15) is 57.3 Å². The quantitative estimate of drug-likeness (QED) is 0.732. The smallest absolute Gasteiger partial charge is 0.243 e. The maximum Gasteiger partial charge on any atom is 0.372 e. The predicted molar refractivity (Wildman–Crippen MR) is 78.1 cm³/mol. The summed E-state index contributed by atoms with van der Waals surface area (Å²) in [4.78, 5) is 12.4. The van der Waals surface area contributed by atoms with E-state index < -0.39 is 0 Å². The first kappa shape index (κ1) is 15.3. The van der Waals surface area contributed by atoms with Gasteiger partial charge in [-0.2, -0.15) is 9.36 Å². The van der Waals surface area contributed by atoms with Crippen molar-refractivity contribution in [3.05, 3.63) is 23.8 Å². The second-order valence-electron chi connectivity index (χ2n) is 5.09. The molecule has 7 heteroatoms. The van der Waals surface area contributed by atoms with E-state index in [1.165, 1.54) is 21.8 Å². The van der Waals surface area contributed by atoms with Gasteiger partial charge in [0.1, 0.15) is 0 Å². The minimum atomic E-state index is -0.326. The van der Waals surface area contributed by atoms with E-state index in [1.54, 1.807) is 0 Å². The number of carbonyl (C=O) groups excluding carboxylic acids is 1. The van der Waals surface area contributed by atoms with Crippen LogP contribution in [-0.4, -0.2) is 36.0 Å². The second kappa shape index (κ2) is 7.66. The molecule has 0 radical (unpaired) electrons.